The Balaban J connectivity index is 1.35. The zero-order valence-corrected chi connectivity index (χ0v) is 18.0. The third-order valence-corrected chi connectivity index (χ3v) is 5.69. The number of nitrogens with one attached hydrogen (secondary N) is 2. The minimum absolute atomic E-state index is 0.0206. The van der Waals surface area contributed by atoms with Gasteiger partial charge in [0, 0.05) is 32.1 Å². The molecule has 3 rings (SSSR count). The van der Waals surface area contributed by atoms with E-state index in [2.05, 4.69) is 10.6 Å². The van der Waals surface area contributed by atoms with E-state index in [1.165, 1.54) is 6.26 Å². The summed E-state index contributed by atoms with van der Waals surface area (Å²) >= 11 is 0. The number of hydrogen-bond donors (Lipinski definition) is 2. The molecule has 1 aliphatic heterocycles. The molecule has 3 amide bonds. The molecule has 166 valence electrons. The van der Waals surface area contributed by atoms with Crippen molar-refractivity contribution < 1.29 is 18.8 Å². The fraction of sp³-hybridized carbons (Fsp3) is 0.458. The highest BCUT2D eigenvalue weighted by Gasteiger charge is 2.28. The van der Waals surface area contributed by atoms with E-state index in [0.717, 1.165) is 24.8 Å². The van der Waals surface area contributed by atoms with E-state index in [1.54, 1.807) is 12.1 Å². The molecule has 0 saturated carbocycles. The zero-order chi connectivity index (χ0) is 22.1. The molecule has 2 N–H and O–H groups in total. The van der Waals surface area contributed by atoms with Crippen molar-refractivity contribution in [1.29, 1.82) is 0 Å². The van der Waals surface area contributed by atoms with Crippen molar-refractivity contribution in [2.75, 3.05) is 19.6 Å². The standard InChI is InChI=1S/C24H31N3O4/c1-2-20(18-8-4-3-5-9-18)24(30)27-15-12-19(13-16-27)26-22(28)11-6-14-25-23(29)21-10-7-17-31-21/h3-5,7-10,17,19-20H,2,6,11-16H2,1H3,(H,25,29)(H,26,28). The summed E-state index contributed by atoms with van der Waals surface area (Å²) in [5.41, 5.74) is 1.06. The van der Waals surface area contributed by atoms with Crippen molar-refractivity contribution in [3.05, 3.63) is 60.1 Å². The molecule has 31 heavy (non-hydrogen) atoms. The van der Waals surface area contributed by atoms with Crippen LogP contribution in [0.2, 0.25) is 0 Å². The Morgan fingerprint density at radius 3 is 2.48 bits per heavy atom. The Morgan fingerprint density at radius 1 is 1.10 bits per heavy atom. The first-order valence-electron chi connectivity index (χ1n) is 11.0. The van der Waals surface area contributed by atoms with Crippen molar-refractivity contribution in [2.45, 2.75) is 51.0 Å². The Kier molecular flexibility index (Phi) is 8.27. The maximum atomic E-state index is 13.0. The number of benzene rings is 1. The fourth-order valence-corrected chi connectivity index (χ4v) is 3.95. The summed E-state index contributed by atoms with van der Waals surface area (Å²) in [4.78, 5) is 38.9. The molecule has 1 atom stereocenters. The van der Waals surface area contributed by atoms with Gasteiger partial charge in [-0.05, 0) is 43.4 Å². The minimum Gasteiger partial charge on any atom is -0.459 e. The first-order valence-corrected chi connectivity index (χ1v) is 11.0. The highest BCUT2D eigenvalue weighted by Crippen LogP contribution is 2.24. The molecule has 7 nitrogen and oxygen atoms in total. The number of amides is 3. The van der Waals surface area contributed by atoms with Gasteiger partial charge >= 0.3 is 0 Å². The van der Waals surface area contributed by atoms with Crippen LogP contribution in [0.25, 0.3) is 0 Å². The van der Waals surface area contributed by atoms with Crippen molar-refractivity contribution in [1.82, 2.24) is 15.5 Å². The Labute approximate surface area is 183 Å². The van der Waals surface area contributed by atoms with Gasteiger partial charge < -0.3 is 20.0 Å². The first-order chi connectivity index (χ1) is 15.1. The number of piperidine rings is 1. The summed E-state index contributed by atoms with van der Waals surface area (Å²) in [6.45, 7) is 3.77. The second-order valence-electron chi connectivity index (χ2n) is 7.88. The molecule has 0 spiro atoms. The van der Waals surface area contributed by atoms with Crippen LogP contribution in [0.4, 0.5) is 0 Å². The average molecular weight is 426 g/mol. The molecule has 1 aliphatic rings. The number of hydrogen-bond acceptors (Lipinski definition) is 4. The average Bonchev–Trinajstić information content (AvgIpc) is 3.33. The Bertz CT molecular complexity index is 843. The van der Waals surface area contributed by atoms with Gasteiger partial charge in [0.2, 0.25) is 11.8 Å². The largest absolute Gasteiger partial charge is 0.459 e. The predicted molar refractivity (Wildman–Crippen MR) is 117 cm³/mol. The number of nitrogens with zero attached hydrogens (tertiary/aromatic N) is 1. The quantitative estimate of drug-likeness (QED) is 0.604. The van der Waals surface area contributed by atoms with E-state index >= 15 is 0 Å². The van der Waals surface area contributed by atoms with Gasteiger partial charge in [0.15, 0.2) is 5.76 Å². The van der Waals surface area contributed by atoms with E-state index in [4.69, 9.17) is 4.42 Å². The molecule has 1 aromatic carbocycles. The van der Waals surface area contributed by atoms with Crippen LogP contribution in [-0.4, -0.2) is 48.3 Å². The fourth-order valence-electron chi connectivity index (χ4n) is 3.95. The molecule has 1 unspecified atom stereocenters. The second-order valence-corrected chi connectivity index (χ2v) is 7.88. The van der Waals surface area contributed by atoms with Gasteiger partial charge in [0.05, 0.1) is 12.2 Å². The lowest BCUT2D eigenvalue weighted by atomic mass is 9.93. The van der Waals surface area contributed by atoms with Crippen molar-refractivity contribution in [3.63, 3.8) is 0 Å². The van der Waals surface area contributed by atoms with Crippen LogP contribution in [0.1, 0.15) is 61.1 Å². The summed E-state index contributed by atoms with van der Waals surface area (Å²) in [5, 5.41) is 5.80. The number of furan rings is 1. The van der Waals surface area contributed by atoms with Crippen LogP contribution in [-0.2, 0) is 9.59 Å². The number of carbonyl (C=O) groups excluding carboxylic acids is 3. The monoisotopic (exact) mass is 425 g/mol. The molecule has 1 saturated heterocycles. The lowest BCUT2D eigenvalue weighted by Gasteiger charge is -2.34. The summed E-state index contributed by atoms with van der Waals surface area (Å²) < 4.78 is 5.03. The summed E-state index contributed by atoms with van der Waals surface area (Å²) in [6, 6.07) is 13.3. The summed E-state index contributed by atoms with van der Waals surface area (Å²) in [6.07, 6.45) is 4.66. The van der Waals surface area contributed by atoms with E-state index in [0.29, 0.717) is 32.5 Å². The Morgan fingerprint density at radius 2 is 1.84 bits per heavy atom. The molecule has 0 aliphatic carbocycles. The minimum atomic E-state index is -0.275. The van der Waals surface area contributed by atoms with Gasteiger partial charge in [-0.2, -0.15) is 0 Å². The maximum absolute atomic E-state index is 13.0. The third-order valence-electron chi connectivity index (χ3n) is 5.69. The smallest absolute Gasteiger partial charge is 0.286 e. The number of likely N-dealkylation sites (tertiary alicyclic amines) is 1. The highest BCUT2D eigenvalue weighted by atomic mass is 16.3. The third kappa shape index (κ3) is 6.44. The van der Waals surface area contributed by atoms with Crippen LogP contribution in [0.3, 0.4) is 0 Å². The molecule has 0 bridgehead atoms. The van der Waals surface area contributed by atoms with Crippen LogP contribution in [0.5, 0.6) is 0 Å². The van der Waals surface area contributed by atoms with Gasteiger partial charge in [0.1, 0.15) is 0 Å². The number of rotatable bonds is 9. The molecule has 0 radical (unpaired) electrons. The van der Waals surface area contributed by atoms with Crippen molar-refractivity contribution in [2.24, 2.45) is 0 Å². The second kappa shape index (κ2) is 11.3. The molecular weight excluding hydrogens is 394 g/mol. The van der Waals surface area contributed by atoms with Crippen LogP contribution in [0, 0.1) is 0 Å². The summed E-state index contributed by atoms with van der Waals surface area (Å²) in [7, 11) is 0. The molecule has 2 heterocycles. The van der Waals surface area contributed by atoms with Gasteiger partial charge in [-0.1, -0.05) is 37.3 Å². The van der Waals surface area contributed by atoms with E-state index in [-0.39, 0.29) is 35.4 Å². The SMILES string of the molecule is CCC(C(=O)N1CCC(NC(=O)CCCNC(=O)c2ccco2)CC1)c1ccccc1. The van der Waals surface area contributed by atoms with Crippen molar-refractivity contribution in [3.8, 4) is 0 Å². The van der Waals surface area contributed by atoms with Crippen molar-refractivity contribution >= 4 is 17.7 Å². The lowest BCUT2D eigenvalue weighted by molar-refractivity contribution is -0.134. The van der Waals surface area contributed by atoms with E-state index in [1.807, 2.05) is 42.2 Å². The topological polar surface area (TPSA) is 91.7 Å². The maximum Gasteiger partial charge on any atom is 0.286 e. The summed E-state index contributed by atoms with van der Waals surface area (Å²) in [5.74, 6) is 0.0360. The van der Waals surface area contributed by atoms with Gasteiger partial charge in [0.25, 0.3) is 5.91 Å². The van der Waals surface area contributed by atoms with Gasteiger partial charge in [-0.15, -0.1) is 0 Å². The molecule has 1 fully saturated rings. The lowest BCUT2D eigenvalue weighted by Crippen LogP contribution is -2.47. The van der Waals surface area contributed by atoms with Crippen LogP contribution < -0.4 is 10.6 Å². The van der Waals surface area contributed by atoms with Crippen LogP contribution >= 0.6 is 0 Å². The molecule has 2 aromatic rings. The molecular formula is C24H31N3O4. The first kappa shape index (κ1) is 22.6. The van der Waals surface area contributed by atoms with Gasteiger partial charge in [-0.25, -0.2) is 0 Å². The predicted octanol–water partition coefficient (Wildman–Crippen LogP) is 3.09. The highest BCUT2D eigenvalue weighted by molar-refractivity contribution is 5.91. The van der Waals surface area contributed by atoms with E-state index < -0.39 is 0 Å². The van der Waals surface area contributed by atoms with Gasteiger partial charge in [-0.3, -0.25) is 14.4 Å². The zero-order valence-electron chi connectivity index (χ0n) is 18.0. The van der Waals surface area contributed by atoms with Crippen LogP contribution in [0.15, 0.2) is 53.1 Å². The molecule has 7 heteroatoms. The molecule has 1 aromatic heterocycles. The normalized spacial score (nSPS) is 15.3. The van der Waals surface area contributed by atoms with E-state index in [9.17, 15) is 14.4 Å². The Hall–Kier alpha value is -3.09. The number of carbonyl (C=O) groups is 3.